The fraction of sp³-hybridized carbons (Fsp3) is 0.438. The van der Waals surface area contributed by atoms with Crippen molar-refractivity contribution in [2.45, 2.75) is 19.3 Å². The molecule has 0 aliphatic carbocycles. The minimum Gasteiger partial charge on any atom is -0.378 e. The monoisotopic (exact) mass is 314 g/mol. The summed E-state index contributed by atoms with van der Waals surface area (Å²) in [4.78, 5) is 14.3. The summed E-state index contributed by atoms with van der Waals surface area (Å²) in [6.07, 6.45) is -0.0586. The standard InChI is InChI=1S/C16H18N4O3/c21-16(19-6-8-22-9-7-19)15-13-11-23-14(10-20(13)18-17-15)12-4-2-1-3-5-12/h1-5,14H,6-11H2. The lowest BCUT2D eigenvalue weighted by Crippen LogP contribution is -2.41. The van der Waals surface area contributed by atoms with E-state index in [2.05, 4.69) is 10.3 Å². The molecule has 0 N–H and O–H groups in total. The zero-order valence-electron chi connectivity index (χ0n) is 12.7. The van der Waals surface area contributed by atoms with Crippen LogP contribution in [-0.2, 0) is 22.6 Å². The summed E-state index contributed by atoms with van der Waals surface area (Å²) >= 11 is 0. The molecule has 2 aromatic rings. The molecule has 7 heteroatoms. The molecular weight excluding hydrogens is 296 g/mol. The minimum absolute atomic E-state index is 0.0586. The van der Waals surface area contributed by atoms with E-state index in [0.717, 1.165) is 11.3 Å². The van der Waals surface area contributed by atoms with E-state index in [1.165, 1.54) is 0 Å². The molecule has 1 amide bonds. The minimum atomic E-state index is -0.0867. The van der Waals surface area contributed by atoms with E-state index < -0.39 is 0 Å². The number of rotatable bonds is 2. The van der Waals surface area contributed by atoms with E-state index in [-0.39, 0.29) is 12.0 Å². The molecule has 1 fully saturated rings. The molecule has 120 valence electrons. The molecule has 3 heterocycles. The van der Waals surface area contributed by atoms with Crippen molar-refractivity contribution in [3.63, 3.8) is 0 Å². The summed E-state index contributed by atoms with van der Waals surface area (Å²) in [6.45, 7) is 3.25. The van der Waals surface area contributed by atoms with Gasteiger partial charge in [-0.05, 0) is 5.56 Å². The summed E-state index contributed by atoms with van der Waals surface area (Å²) in [5.41, 5.74) is 2.27. The van der Waals surface area contributed by atoms with Gasteiger partial charge in [0.15, 0.2) is 5.69 Å². The fourth-order valence-corrected chi connectivity index (χ4v) is 2.96. The van der Waals surface area contributed by atoms with Gasteiger partial charge >= 0.3 is 0 Å². The normalized spacial score (nSPS) is 21.0. The van der Waals surface area contributed by atoms with Crippen LogP contribution in [0.3, 0.4) is 0 Å². The van der Waals surface area contributed by atoms with Crippen LogP contribution in [-0.4, -0.2) is 52.1 Å². The number of hydrogen-bond acceptors (Lipinski definition) is 5. The van der Waals surface area contributed by atoms with E-state index >= 15 is 0 Å². The molecule has 0 radical (unpaired) electrons. The number of benzene rings is 1. The second kappa shape index (κ2) is 6.10. The second-order valence-corrected chi connectivity index (χ2v) is 5.68. The van der Waals surface area contributed by atoms with Crippen LogP contribution in [0.5, 0.6) is 0 Å². The number of carbonyl (C=O) groups excluding carboxylic acids is 1. The largest absolute Gasteiger partial charge is 0.378 e. The molecular formula is C16H18N4O3. The number of hydrogen-bond donors (Lipinski definition) is 0. The first-order valence-corrected chi connectivity index (χ1v) is 7.79. The number of fused-ring (bicyclic) bond motifs is 1. The lowest BCUT2D eigenvalue weighted by atomic mass is 10.1. The highest BCUT2D eigenvalue weighted by molar-refractivity contribution is 5.93. The van der Waals surface area contributed by atoms with Gasteiger partial charge in [-0.2, -0.15) is 0 Å². The maximum absolute atomic E-state index is 12.6. The zero-order valence-corrected chi connectivity index (χ0v) is 12.7. The molecule has 1 aromatic heterocycles. The number of aromatic nitrogens is 3. The molecule has 0 saturated carbocycles. The summed E-state index contributed by atoms with van der Waals surface area (Å²) in [7, 11) is 0. The lowest BCUT2D eigenvalue weighted by Gasteiger charge is -2.27. The van der Waals surface area contributed by atoms with Crippen molar-refractivity contribution in [2.75, 3.05) is 26.3 Å². The summed E-state index contributed by atoms with van der Waals surface area (Å²) < 4.78 is 13.0. The molecule has 23 heavy (non-hydrogen) atoms. The van der Waals surface area contributed by atoms with Gasteiger partial charge in [-0.3, -0.25) is 4.79 Å². The molecule has 0 bridgehead atoms. The topological polar surface area (TPSA) is 69.5 Å². The highest BCUT2D eigenvalue weighted by Crippen LogP contribution is 2.27. The Hall–Kier alpha value is -2.25. The predicted molar refractivity (Wildman–Crippen MR) is 80.7 cm³/mol. The van der Waals surface area contributed by atoms with Crippen molar-refractivity contribution in [3.8, 4) is 0 Å². The van der Waals surface area contributed by atoms with Gasteiger partial charge < -0.3 is 14.4 Å². The van der Waals surface area contributed by atoms with Gasteiger partial charge in [0.1, 0.15) is 6.10 Å². The van der Waals surface area contributed by atoms with Crippen molar-refractivity contribution in [2.24, 2.45) is 0 Å². The van der Waals surface area contributed by atoms with E-state index in [1.807, 2.05) is 30.3 Å². The van der Waals surface area contributed by atoms with Crippen LogP contribution in [0.1, 0.15) is 27.8 Å². The Bertz CT molecular complexity index is 695. The van der Waals surface area contributed by atoms with E-state index in [4.69, 9.17) is 9.47 Å². The maximum atomic E-state index is 12.6. The predicted octanol–water partition coefficient (Wildman–Crippen LogP) is 1.02. The first-order chi connectivity index (χ1) is 11.3. The third kappa shape index (κ3) is 2.73. The Labute approximate surface area is 133 Å². The van der Waals surface area contributed by atoms with Crippen LogP contribution in [0.15, 0.2) is 30.3 Å². The molecule has 0 spiro atoms. The highest BCUT2D eigenvalue weighted by atomic mass is 16.5. The molecule has 4 rings (SSSR count). The number of carbonyl (C=O) groups is 1. The average molecular weight is 314 g/mol. The molecule has 2 aliphatic rings. The van der Waals surface area contributed by atoms with Crippen LogP contribution in [0, 0.1) is 0 Å². The van der Waals surface area contributed by atoms with Crippen LogP contribution < -0.4 is 0 Å². The number of amides is 1. The van der Waals surface area contributed by atoms with Gasteiger partial charge in [-0.1, -0.05) is 35.5 Å². The molecule has 1 unspecified atom stereocenters. The van der Waals surface area contributed by atoms with Gasteiger partial charge in [0.25, 0.3) is 5.91 Å². The van der Waals surface area contributed by atoms with Crippen LogP contribution in [0.25, 0.3) is 0 Å². The Morgan fingerprint density at radius 2 is 1.96 bits per heavy atom. The molecule has 1 aromatic carbocycles. The van der Waals surface area contributed by atoms with Crippen LogP contribution in [0.2, 0.25) is 0 Å². The fourth-order valence-electron chi connectivity index (χ4n) is 2.96. The Morgan fingerprint density at radius 3 is 2.74 bits per heavy atom. The molecule has 2 aliphatic heterocycles. The third-order valence-corrected chi connectivity index (χ3v) is 4.27. The van der Waals surface area contributed by atoms with E-state index in [9.17, 15) is 4.79 Å². The van der Waals surface area contributed by atoms with Gasteiger partial charge in [-0.15, -0.1) is 5.10 Å². The third-order valence-electron chi connectivity index (χ3n) is 4.27. The smallest absolute Gasteiger partial charge is 0.276 e. The van der Waals surface area contributed by atoms with Crippen molar-refractivity contribution in [1.82, 2.24) is 19.9 Å². The lowest BCUT2D eigenvalue weighted by molar-refractivity contribution is -0.00238. The van der Waals surface area contributed by atoms with Crippen molar-refractivity contribution in [3.05, 3.63) is 47.3 Å². The van der Waals surface area contributed by atoms with Crippen molar-refractivity contribution >= 4 is 5.91 Å². The quantitative estimate of drug-likeness (QED) is 0.828. The Kier molecular flexibility index (Phi) is 3.80. The summed E-state index contributed by atoms with van der Waals surface area (Å²) in [6, 6.07) is 10.0. The zero-order chi connectivity index (χ0) is 15.6. The Balaban J connectivity index is 1.54. The average Bonchev–Trinajstić information content (AvgIpc) is 3.05. The SMILES string of the molecule is O=C(c1nnn2c1COC(c1ccccc1)C2)N1CCOCC1. The first-order valence-electron chi connectivity index (χ1n) is 7.79. The van der Waals surface area contributed by atoms with Gasteiger partial charge in [-0.25, -0.2) is 4.68 Å². The molecule has 1 saturated heterocycles. The summed E-state index contributed by atoms with van der Waals surface area (Å²) in [5.74, 6) is -0.0867. The van der Waals surface area contributed by atoms with Gasteiger partial charge in [0, 0.05) is 13.1 Å². The maximum Gasteiger partial charge on any atom is 0.276 e. The molecule has 7 nitrogen and oxygen atoms in total. The van der Waals surface area contributed by atoms with E-state index in [0.29, 0.717) is 45.1 Å². The van der Waals surface area contributed by atoms with Gasteiger partial charge in [0.05, 0.1) is 32.1 Å². The first kappa shape index (κ1) is 14.3. The van der Waals surface area contributed by atoms with Crippen molar-refractivity contribution in [1.29, 1.82) is 0 Å². The van der Waals surface area contributed by atoms with E-state index in [1.54, 1.807) is 9.58 Å². The number of ether oxygens (including phenoxy) is 2. The highest BCUT2D eigenvalue weighted by Gasteiger charge is 2.30. The molecule has 1 atom stereocenters. The number of nitrogens with zero attached hydrogens (tertiary/aromatic N) is 4. The number of morpholine rings is 1. The van der Waals surface area contributed by atoms with Crippen LogP contribution >= 0.6 is 0 Å². The second-order valence-electron chi connectivity index (χ2n) is 5.68. The summed E-state index contributed by atoms with van der Waals surface area (Å²) in [5, 5.41) is 8.26. The Morgan fingerprint density at radius 1 is 1.17 bits per heavy atom. The van der Waals surface area contributed by atoms with Crippen LogP contribution in [0.4, 0.5) is 0 Å². The van der Waals surface area contributed by atoms with Crippen molar-refractivity contribution < 1.29 is 14.3 Å². The van der Waals surface area contributed by atoms with Gasteiger partial charge in [0.2, 0.25) is 0 Å².